The van der Waals surface area contributed by atoms with Crippen LogP contribution in [0.1, 0.15) is 57.9 Å². The third-order valence-corrected chi connectivity index (χ3v) is 6.59. The summed E-state index contributed by atoms with van der Waals surface area (Å²) in [5.74, 6) is 1.43. The predicted octanol–water partition coefficient (Wildman–Crippen LogP) is 4.02. The number of pyridine rings is 1. The van der Waals surface area contributed by atoms with Gasteiger partial charge in [-0.3, -0.25) is 9.36 Å². The van der Waals surface area contributed by atoms with Gasteiger partial charge in [0.25, 0.3) is 5.56 Å². The van der Waals surface area contributed by atoms with Crippen LogP contribution in [0.3, 0.4) is 0 Å². The Balaban J connectivity index is 1.60. The summed E-state index contributed by atoms with van der Waals surface area (Å²) in [4.78, 5) is 22.8. The summed E-state index contributed by atoms with van der Waals surface area (Å²) in [5.41, 5.74) is 0.0588. The van der Waals surface area contributed by atoms with Crippen LogP contribution in [-0.4, -0.2) is 31.8 Å². The van der Waals surface area contributed by atoms with Gasteiger partial charge in [-0.1, -0.05) is 31.0 Å². The second-order valence-electron chi connectivity index (χ2n) is 9.04. The lowest BCUT2D eigenvalue weighted by atomic mass is 9.83. The number of nitrogens with zero attached hydrogens (tertiary/aromatic N) is 3. The number of anilines is 1. The number of nitrogens with one attached hydrogen (secondary N) is 1. The molecule has 0 saturated heterocycles. The van der Waals surface area contributed by atoms with Crippen molar-refractivity contribution in [3.8, 4) is 0 Å². The highest BCUT2D eigenvalue weighted by Gasteiger charge is 2.31. The van der Waals surface area contributed by atoms with Crippen molar-refractivity contribution in [2.24, 2.45) is 5.92 Å². The average molecular weight is 393 g/mol. The topological polar surface area (TPSA) is 80.0 Å². The molecule has 6 heteroatoms. The predicted molar refractivity (Wildman–Crippen MR) is 115 cm³/mol. The van der Waals surface area contributed by atoms with Crippen molar-refractivity contribution in [3.63, 3.8) is 0 Å². The molecule has 2 heterocycles. The van der Waals surface area contributed by atoms with Gasteiger partial charge in [0.05, 0.1) is 5.60 Å². The third-order valence-electron chi connectivity index (χ3n) is 6.59. The molecule has 2 saturated carbocycles. The minimum absolute atomic E-state index is 0.00210. The molecule has 3 aromatic rings. The van der Waals surface area contributed by atoms with Gasteiger partial charge in [0.15, 0.2) is 0 Å². The number of benzene rings is 1. The fraction of sp³-hybridized carbons (Fsp3) is 0.522. The maximum Gasteiger partial charge on any atom is 0.260 e. The number of hydrogen-bond donors (Lipinski definition) is 2. The quantitative estimate of drug-likeness (QED) is 0.641. The van der Waals surface area contributed by atoms with Crippen LogP contribution in [0.5, 0.6) is 0 Å². The number of hydrogen-bond acceptors (Lipinski definition) is 5. The first-order valence-corrected chi connectivity index (χ1v) is 10.8. The molecule has 5 rings (SSSR count). The van der Waals surface area contributed by atoms with Crippen LogP contribution in [0.2, 0.25) is 0 Å². The van der Waals surface area contributed by atoms with E-state index in [1.165, 1.54) is 12.8 Å². The van der Waals surface area contributed by atoms with Crippen molar-refractivity contribution in [2.75, 3.05) is 11.9 Å². The smallest absolute Gasteiger partial charge is 0.260 e. The van der Waals surface area contributed by atoms with Crippen molar-refractivity contribution >= 4 is 27.8 Å². The highest BCUT2D eigenvalue weighted by molar-refractivity contribution is 6.04. The van der Waals surface area contributed by atoms with Crippen molar-refractivity contribution in [3.05, 3.63) is 40.8 Å². The molecular formula is C23H28N4O2. The number of aromatic nitrogens is 3. The van der Waals surface area contributed by atoms with Crippen molar-refractivity contribution in [2.45, 2.75) is 63.5 Å². The molecule has 2 fully saturated rings. The minimum Gasteiger partial charge on any atom is -0.390 e. The first-order chi connectivity index (χ1) is 14.0. The van der Waals surface area contributed by atoms with E-state index in [2.05, 4.69) is 10.3 Å². The summed E-state index contributed by atoms with van der Waals surface area (Å²) in [5, 5.41) is 16.2. The van der Waals surface area contributed by atoms with Crippen molar-refractivity contribution in [1.29, 1.82) is 0 Å². The van der Waals surface area contributed by atoms with E-state index < -0.39 is 5.60 Å². The highest BCUT2D eigenvalue weighted by atomic mass is 16.3. The average Bonchev–Trinajstić information content (AvgIpc) is 3.54. The maximum absolute atomic E-state index is 13.4. The fourth-order valence-corrected chi connectivity index (χ4v) is 4.58. The molecule has 2 aliphatic carbocycles. The molecule has 0 bridgehead atoms. The van der Waals surface area contributed by atoms with Crippen LogP contribution in [0.4, 0.5) is 5.95 Å². The Labute approximate surface area is 170 Å². The second-order valence-corrected chi connectivity index (χ2v) is 9.04. The fourth-order valence-electron chi connectivity index (χ4n) is 4.58. The maximum atomic E-state index is 13.4. The van der Waals surface area contributed by atoms with Gasteiger partial charge in [-0.2, -0.15) is 4.98 Å². The van der Waals surface area contributed by atoms with E-state index in [-0.39, 0.29) is 11.6 Å². The largest absolute Gasteiger partial charge is 0.390 e. The third kappa shape index (κ3) is 3.62. The Morgan fingerprint density at radius 2 is 1.86 bits per heavy atom. The molecule has 6 nitrogen and oxygen atoms in total. The molecule has 1 aromatic carbocycles. The second kappa shape index (κ2) is 7.10. The van der Waals surface area contributed by atoms with Crippen LogP contribution in [0, 0.1) is 5.92 Å². The van der Waals surface area contributed by atoms with E-state index >= 15 is 0 Å². The summed E-state index contributed by atoms with van der Waals surface area (Å²) in [6.07, 6.45) is 8.58. The van der Waals surface area contributed by atoms with Gasteiger partial charge < -0.3 is 10.4 Å². The van der Waals surface area contributed by atoms with Gasteiger partial charge in [0.2, 0.25) is 5.95 Å². The van der Waals surface area contributed by atoms with E-state index in [9.17, 15) is 9.90 Å². The summed E-state index contributed by atoms with van der Waals surface area (Å²) >= 11 is 0. The van der Waals surface area contributed by atoms with Crippen molar-refractivity contribution in [1.82, 2.24) is 14.5 Å². The Morgan fingerprint density at radius 1 is 1.14 bits per heavy atom. The van der Waals surface area contributed by atoms with Crippen LogP contribution in [0.25, 0.3) is 21.8 Å². The lowest BCUT2D eigenvalue weighted by Crippen LogP contribution is -2.35. The zero-order chi connectivity index (χ0) is 20.0. The van der Waals surface area contributed by atoms with Crippen LogP contribution < -0.4 is 10.9 Å². The molecule has 0 aliphatic heterocycles. The lowest BCUT2D eigenvalue weighted by molar-refractivity contribution is 0.0100. The summed E-state index contributed by atoms with van der Waals surface area (Å²) < 4.78 is 1.86. The molecule has 2 aliphatic rings. The molecule has 0 atom stereocenters. The zero-order valence-corrected chi connectivity index (χ0v) is 16.9. The molecule has 0 spiro atoms. The molecule has 0 amide bonds. The Morgan fingerprint density at radius 3 is 2.59 bits per heavy atom. The highest BCUT2D eigenvalue weighted by Crippen LogP contribution is 2.36. The Bertz CT molecular complexity index is 1110. The summed E-state index contributed by atoms with van der Waals surface area (Å²) in [7, 11) is 0. The Kier molecular flexibility index (Phi) is 4.54. The minimum atomic E-state index is -0.642. The molecule has 29 heavy (non-hydrogen) atoms. The van der Waals surface area contributed by atoms with Crippen LogP contribution in [-0.2, 0) is 0 Å². The zero-order valence-electron chi connectivity index (χ0n) is 16.9. The normalized spacial score (nSPS) is 24.8. The van der Waals surface area contributed by atoms with Crippen molar-refractivity contribution < 1.29 is 5.11 Å². The first-order valence-electron chi connectivity index (χ1n) is 10.8. The molecule has 2 aromatic heterocycles. The van der Waals surface area contributed by atoms with Crippen LogP contribution in [0.15, 0.2) is 35.3 Å². The van der Waals surface area contributed by atoms with E-state index in [1.807, 2.05) is 42.0 Å². The standard InChI is InChI=1S/C23H28N4O2/c1-23(29)11-8-16(9-12-23)27-20-19(17-4-2-3-5-18(17)21(27)28)14-25-22(26-20)24-13-10-15-6-7-15/h2-5,14-16,29H,6-13H2,1H3,(H,24,25,26). The van der Waals surface area contributed by atoms with E-state index in [1.54, 1.807) is 0 Å². The molecule has 2 N–H and O–H groups in total. The summed E-state index contributed by atoms with van der Waals surface area (Å²) in [6.45, 7) is 2.74. The molecule has 152 valence electrons. The number of aliphatic hydroxyl groups is 1. The molecule has 0 unspecified atom stereocenters. The van der Waals surface area contributed by atoms with E-state index in [0.717, 1.165) is 42.5 Å². The van der Waals surface area contributed by atoms with Gasteiger partial charge in [-0.25, -0.2) is 4.98 Å². The van der Waals surface area contributed by atoms with Gasteiger partial charge in [-0.15, -0.1) is 0 Å². The van der Waals surface area contributed by atoms with Gasteiger partial charge >= 0.3 is 0 Å². The van der Waals surface area contributed by atoms with E-state index in [4.69, 9.17) is 4.98 Å². The van der Waals surface area contributed by atoms with Crippen LogP contribution >= 0.6 is 0 Å². The number of rotatable bonds is 5. The van der Waals surface area contributed by atoms with Gasteiger partial charge in [-0.05, 0) is 56.4 Å². The van der Waals surface area contributed by atoms with Gasteiger partial charge in [0, 0.05) is 29.6 Å². The molecular weight excluding hydrogens is 364 g/mol. The molecule has 0 radical (unpaired) electrons. The van der Waals surface area contributed by atoms with E-state index in [0.29, 0.717) is 29.8 Å². The summed E-state index contributed by atoms with van der Waals surface area (Å²) in [6, 6.07) is 7.75. The Hall–Kier alpha value is -2.47. The monoisotopic (exact) mass is 392 g/mol. The SMILES string of the molecule is CC1(O)CCC(n2c(=O)c3ccccc3c3cnc(NCCC4CC4)nc32)CC1. The first kappa shape index (κ1) is 18.6. The van der Waals surface area contributed by atoms with Gasteiger partial charge in [0.1, 0.15) is 5.65 Å². The number of fused-ring (bicyclic) bond motifs is 3. The lowest BCUT2D eigenvalue weighted by Gasteiger charge is -2.34.